The number of aryl methyl sites for hydroxylation is 6. The Morgan fingerprint density at radius 1 is 0.392 bits per heavy atom. The average molecular weight is 1060 g/mol. The van der Waals surface area contributed by atoms with E-state index in [1.807, 2.05) is 0 Å². The Morgan fingerprint density at radius 2 is 0.595 bits per heavy atom. The van der Waals surface area contributed by atoms with Crippen LogP contribution in [0.1, 0.15) is 75.8 Å². The van der Waals surface area contributed by atoms with Gasteiger partial charge in [-0.1, -0.05) is 0 Å². The van der Waals surface area contributed by atoms with Crippen LogP contribution in [0.4, 0.5) is 34.1 Å². The van der Waals surface area contributed by atoms with Crippen LogP contribution in [0.15, 0.2) is 85.7 Å². The fraction of sp³-hybridized carbons (Fsp3) is 0.217. The summed E-state index contributed by atoms with van der Waals surface area (Å²) in [6, 6.07) is 8.79. The molecule has 392 valence electrons. The van der Waals surface area contributed by atoms with Crippen molar-refractivity contribution in [2.24, 2.45) is 53.8 Å². The van der Waals surface area contributed by atoms with E-state index in [0.717, 1.165) is 12.2 Å². The summed E-state index contributed by atoms with van der Waals surface area (Å²) in [5, 5.41) is 36.1. The highest BCUT2D eigenvalue weighted by Gasteiger charge is 2.21. The van der Waals surface area contributed by atoms with Crippen molar-refractivity contribution in [3.8, 4) is 0 Å². The molecular formula is C46H56Cl2N18O8. The molecule has 0 aliphatic carbocycles. The monoisotopic (exact) mass is 1060 g/mol. The average Bonchev–Trinajstić information content (AvgIpc) is 4.16. The maximum atomic E-state index is 13.3. The summed E-state index contributed by atoms with van der Waals surface area (Å²) in [6.07, 6.45) is 11.6. The number of nitrogens with one attached hydrogen (secondary N) is 10. The van der Waals surface area contributed by atoms with E-state index in [0.29, 0.717) is 22.7 Å². The van der Waals surface area contributed by atoms with Gasteiger partial charge < -0.3 is 81.4 Å². The molecule has 0 aromatic carbocycles. The number of carbonyl (C=O) groups excluding carboxylic acids is 8. The van der Waals surface area contributed by atoms with E-state index in [-0.39, 0.29) is 108 Å². The molecule has 0 radical (unpaired) electrons. The van der Waals surface area contributed by atoms with Gasteiger partial charge in [0.25, 0.3) is 35.4 Å². The molecule has 74 heavy (non-hydrogen) atoms. The second-order valence-corrected chi connectivity index (χ2v) is 16.5. The Hall–Kier alpha value is -9.30. The van der Waals surface area contributed by atoms with E-state index in [1.165, 1.54) is 67.1 Å². The Kier molecular flexibility index (Phi) is 19.1. The molecule has 8 amide bonds. The molecule has 0 saturated carbocycles. The van der Waals surface area contributed by atoms with Crippen LogP contribution in [-0.2, 0) is 51.9 Å². The molecule has 6 aromatic rings. The number of anilines is 6. The summed E-state index contributed by atoms with van der Waals surface area (Å²) in [4.78, 5) is 104. The van der Waals surface area contributed by atoms with Gasteiger partial charge in [-0.25, -0.2) is 0 Å². The standard InChI is InChI=1S/C46H54N18O8.2ClH/c1-59-21-27(15-31(59)41(67)51-11-9-37(47)48)55-45(71)35-17-29(23-63(35)5)57-43(69)33-13-25(19-61(33)3)53-39(65)7-8-40(66)54-26-14-34(62(4)20-26)44(70)58-30-18-36(64(6)24-30)46(72)56-28-16-32(60(2)22-28)42(68)52-12-10-38(49)50;;/h7-8,13-24H,9-12H2,1-6H3,(H3,47,48)(H3,49,50)(H,51,67)(H,52,68)(H,53,65)(H,54,66)(H,55,71)(H,56,72)(H,57,69)(H,58,70);2*1H/b8-7+;;. The minimum Gasteiger partial charge on any atom is -0.388 e. The molecule has 14 N–H and O–H groups in total. The normalized spacial score (nSPS) is 10.6. The smallest absolute Gasteiger partial charge is 0.272 e. The van der Waals surface area contributed by atoms with Gasteiger partial charge >= 0.3 is 0 Å². The van der Waals surface area contributed by atoms with Gasteiger partial charge in [0.1, 0.15) is 34.2 Å². The van der Waals surface area contributed by atoms with Gasteiger partial charge in [0.15, 0.2) is 0 Å². The summed E-state index contributed by atoms with van der Waals surface area (Å²) >= 11 is 0. The fourth-order valence-corrected chi connectivity index (χ4v) is 7.25. The Balaban J connectivity index is 0.00000593. The van der Waals surface area contributed by atoms with Crippen molar-refractivity contribution < 1.29 is 38.4 Å². The molecule has 6 rings (SSSR count). The molecule has 0 bridgehead atoms. The summed E-state index contributed by atoms with van der Waals surface area (Å²) < 4.78 is 9.06. The lowest BCUT2D eigenvalue weighted by molar-refractivity contribution is -0.114. The predicted molar refractivity (Wildman–Crippen MR) is 283 cm³/mol. The van der Waals surface area contributed by atoms with E-state index < -0.39 is 47.3 Å². The largest absolute Gasteiger partial charge is 0.388 e. The number of nitrogens with two attached hydrogens (primary N) is 2. The number of amidine groups is 2. The van der Waals surface area contributed by atoms with Crippen molar-refractivity contribution in [2.45, 2.75) is 12.8 Å². The fourth-order valence-electron chi connectivity index (χ4n) is 7.25. The minimum atomic E-state index is -0.678. The van der Waals surface area contributed by atoms with E-state index in [9.17, 15) is 38.4 Å². The first-order chi connectivity index (χ1) is 34.0. The first-order valence-electron chi connectivity index (χ1n) is 21.8. The van der Waals surface area contributed by atoms with Crippen molar-refractivity contribution in [2.75, 3.05) is 45.0 Å². The third-order valence-electron chi connectivity index (χ3n) is 10.7. The summed E-state index contributed by atoms with van der Waals surface area (Å²) in [5.41, 5.74) is 13.8. The van der Waals surface area contributed by atoms with E-state index >= 15 is 0 Å². The predicted octanol–water partition coefficient (Wildman–Crippen LogP) is 2.82. The van der Waals surface area contributed by atoms with Crippen LogP contribution in [0.2, 0.25) is 0 Å². The molecule has 0 spiro atoms. The van der Waals surface area contributed by atoms with E-state index in [2.05, 4.69) is 42.5 Å². The highest BCUT2D eigenvalue weighted by Crippen LogP contribution is 2.22. The lowest BCUT2D eigenvalue weighted by atomic mass is 10.3. The van der Waals surface area contributed by atoms with Crippen molar-refractivity contribution in [1.82, 2.24) is 38.0 Å². The van der Waals surface area contributed by atoms with Crippen LogP contribution in [0.5, 0.6) is 0 Å². The molecule has 0 aliphatic heterocycles. The number of rotatable bonds is 20. The molecule has 28 heteroatoms. The first kappa shape index (κ1) is 57.3. The summed E-state index contributed by atoms with van der Waals surface area (Å²) in [6.45, 7) is 0.369. The third-order valence-corrected chi connectivity index (χ3v) is 10.7. The molecule has 6 heterocycles. The van der Waals surface area contributed by atoms with Crippen LogP contribution in [-0.4, -0.2) is 99.4 Å². The Morgan fingerprint density at radius 3 is 0.811 bits per heavy atom. The van der Waals surface area contributed by atoms with Gasteiger partial charge in [0.05, 0.1) is 45.8 Å². The maximum absolute atomic E-state index is 13.3. The number of aromatic nitrogens is 6. The maximum Gasteiger partial charge on any atom is 0.272 e. The van der Waals surface area contributed by atoms with Crippen LogP contribution in [0.25, 0.3) is 0 Å². The van der Waals surface area contributed by atoms with Crippen LogP contribution >= 0.6 is 24.8 Å². The van der Waals surface area contributed by atoms with Gasteiger partial charge in [0.2, 0.25) is 11.8 Å². The van der Waals surface area contributed by atoms with Crippen molar-refractivity contribution >= 4 is 118 Å². The number of amides is 8. The zero-order chi connectivity index (χ0) is 52.6. The molecule has 26 nitrogen and oxygen atoms in total. The quantitative estimate of drug-likeness (QED) is 0.0301. The molecule has 0 saturated heterocycles. The van der Waals surface area contributed by atoms with Gasteiger partial charge in [-0.05, 0) is 36.4 Å². The second-order valence-electron chi connectivity index (χ2n) is 16.5. The number of nitrogens with zero attached hydrogens (tertiary/aromatic N) is 6. The number of carbonyl (C=O) groups is 8. The van der Waals surface area contributed by atoms with E-state index in [1.54, 1.807) is 76.2 Å². The summed E-state index contributed by atoms with van der Waals surface area (Å²) in [7, 11) is 9.71. The Labute approximate surface area is 435 Å². The minimum absolute atomic E-state index is 0. The topological polar surface area (TPSA) is 362 Å². The van der Waals surface area contributed by atoms with Crippen molar-refractivity contribution in [3.05, 3.63) is 120 Å². The third kappa shape index (κ3) is 14.6. The molecule has 0 aliphatic rings. The molecule has 0 unspecified atom stereocenters. The number of hydrogen-bond acceptors (Lipinski definition) is 10. The highest BCUT2D eigenvalue weighted by atomic mass is 35.5. The molecule has 6 aromatic heterocycles. The molecular weight excluding hydrogens is 1000 g/mol. The van der Waals surface area contributed by atoms with Gasteiger partial charge in [-0.15, -0.1) is 24.8 Å². The first-order valence-corrected chi connectivity index (χ1v) is 21.8. The molecule has 0 atom stereocenters. The number of hydrogen-bond donors (Lipinski definition) is 12. The summed E-state index contributed by atoms with van der Waals surface area (Å²) in [5.74, 6) is -4.38. The second kappa shape index (κ2) is 24.7. The zero-order valence-corrected chi connectivity index (χ0v) is 42.5. The van der Waals surface area contributed by atoms with Crippen LogP contribution in [0.3, 0.4) is 0 Å². The Bertz CT molecular complexity index is 2990. The number of halogens is 2. The van der Waals surface area contributed by atoms with Crippen molar-refractivity contribution in [3.63, 3.8) is 0 Å². The zero-order valence-electron chi connectivity index (χ0n) is 40.8. The van der Waals surface area contributed by atoms with Crippen LogP contribution in [0, 0.1) is 10.8 Å². The lowest BCUT2D eigenvalue weighted by Crippen LogP contribution is -2.28. The lowest BCUT2D eigenvalue weighted by Gasteiger charge is -2.04. The van der Waals surface area contributed by atoms with E-state index in [4.69, 9.17) is 22.3 Å². The van der Waals surface area contributed by atoms with Gasteiger partial charge in [0, 0.05) is 118 Å². The van der Waals surface area contributed by atoms with Gasteiger partial charge in [-0.3, -0.25) is 49.2 Å². The highest BCUT2D eigenvalue weighted by molar-refractivity contribution is 6.11. The van der Waals surface area contributed by atoms with Gasteiger partial charge in [-0.2, -0.15) is 0 Å². The molecule has 0 fully saturated rings. The van der Waals surface area contributed by atoms with Crippen LogP contribution < -0.4 is 54.0 Å². The SMILES string of the molecule is Cl.Cl.Cn1cc(NC(=O)c2cc(NC(=O)c3cc(NC(=O)/C=C/C(=O)Nc4cc(C(=O)Nc5cc(C(=O)Nc6cc(C(=O)NCCC(=N)N)n(C)c6)n(C)c5)n(C)c4)cn3C)cn2C)cc1C(=O)NCCC(=N)N. The van der Waals surface area contributed by atoms with Crippen molar-refractivity contribution in [1.29, 1.82) is 10.8 Å².